The molecule has 2 heterocycles. The average molecular weight is 240 g/mol. The number of hydrogen-bond acceptors (Lipinski definition) is 4. The lowest BCUT2D eigenvalue weighted by molar-refractivity contribution is 0.628. The Hall–Kier alpha value is -2.43. The number of fused-ring (bicyclic) bond motifs is 1. The van der Waals surface area contributed by atoms with Crippen LogP contribution >= 0.6 is 0 Å². The number of aromatic nitrogens is 4. The Morgan fingerprint density at radius 3 is 2.56 bits per heavy atom. The van der Waals surface area contributed by atoms with Crippen molar-refractivity contribution in [3.8, 4) is 11.3 Å². The number of hydrogen-bond donors (Lipinski definition) is 0. The SMILES string of the molecule is Cc1ncnc2ncc(-c3ccc(F)cc3)nc12. The van der Waals surface area contributed by atoms with Crippen molar-refractivity contribution >= 4 is 11.2 Å². The van der Waals surface area contributed by atoms with E-state index in [4.69, 9.17) is 0 Å². The summed E-state index contributed by atoms with van der Waals surface area (Å²) in [6.07, 6.45) is 3.09. The van der Waals surface area contributed by atoms with Gasteiger partial charge in [-0.1, -0.05) is 0 Å². The van der Waals surface area contributed by atoms with Gasteiger partial charge in [0.1, 0.15) is 17.7 Å². The molecular weight excluding hydrogens is 231 g/mol. The third-order valence-electron chi connectivity index (χ3n) is 2.67. The molecule has 0 aliphatic rings. The molecule has 0 atom stereocenters. The molecule has 0 saturated heterocycles. The topological polar surface area (TPSA) is 51.6 Å². The maximum absolute atomic E-state index is 12.9. The molecule has 3 aromatic rings. The Labute approximate surface area is 103 Å². The summed E-state index contributed by atoms with van der Waals surface area (Å²) in [5, 5.41) is 0. The highest BCUT2D eigenvalue weighted by Gasteiger charge is 2.06. The monoisotopic (exact) mass is 240 g/mol. The van der Waals surface area contributed by atoms with Crippen LogP contribution in [0, 0.1) is 12.7 Å². The van der Waals surface area contributed by atoms with Crippen molar-refractivity contribution in [3.63, 3.8) is 0 Å². The van der Waals surface area contributed by atoms with Crippen LogP contribution in [0.25, 0.3) is 22.4 Å². The molecule has 0 amide bonds. The second-order valence-corrected chi connectivity index (χ2v) is 3.89. The van der Waals surface area contributed by atoms with Crippen molar-refractivity contribution in [1.82, 2.24) is 19.9 Å². The van der Waals surface area contributed by atoms with Gasteiger partial charge in [-0.05, 0) is 31.2 Å². The van der Waals surface area contributed by atoms with E-state index in [1.165, 1.54) is 18.5 Å². The molecule has 0 N–H and O–H groups in total. The molecule has 0 saturated carbocycles. The van der Waals surface area contributed by atoms with E-state index in [1.807, 2.05) is 6.92 Å². The van der Waals surface area contributed by atoms with Gasteiger partial charge in [0.25, 0.3) is 0 Å². The van der Waals surface area contributed by atoms with Crippen LogP contribution < -0.4 is 0 Å². The van der Waals surface area contributed by atoms with E-state index in [-0.39, 0.29) is 5.82 Å². The Bertz CT molecular complexity index is 710. The Morgan fingerprint density at radius 2 is 1.78 bits per heavy atom. The first kappa shape index (κ1) is 10.7. The molecule has 5 heteroatoms. The van der Waals surface area contributed by atoms with E-state index in [0.717, 1.165) is 11.3 Å². The van der Waals surface area contributed by atoms with Gasteiger partial charge in [0.05, 0.1) is 17.6 Å². The molecule has 18 heavy (non-hydrogen) atoms. The molecule has 3 rings (SSSR count). The summed E-state index contributed by atoms with van der Waals surface area (Å²) in [7, 11) is 0. The predicted molar refractivity (Wildman–Crippen MR) is 65.3 cm³/mol. The lowest BCUT2D eigenvalue weighted by Crippen LogP contribution is -1.95. The third kappa shape index (κ3) is 1.79. The van der Waals surface area contributed by atoms with Crippen molar-refractivity contribution in [1.29, 1.82) is 0 Å². The molecule has 2 aromatic heterocycles. The van der Waals surface area contributed by atoms with E-state index in [1.54, 1.807) is 18.3 Å². The maximum Gasteiger partial charge on any atom is 0.181 e. The molecule has 0 aliphatic carbocycles. The van der Waals surface area contributed by atoms with Gasteiger partial charge in [-0.25, -0.2) is 24.3 Å². The summed E-state index contributed by atoms with van der Waals surface area (Å²) < 4.78 is 12.9. The van der Waals surface area contributed by atoms with Crippen LogP contribution in [0.2, 0.25) is 0 Å². The fourth-order valence-corrected chi connectivity index (χ4v) is 1.71. The largest absolute Gasteiger partial charge is 0.241 e. The smallest absolute Gasteiger partial charge is 0.181 e. The van der Waals surface area contributed by atoms with Crippen LogP contribution in [0.5, 0.6) is 0 Å². The second-order valence-electron chi connectivity index (χ2n) is 3.89. The molecule has 0 fully saturated rings. The predicted octanol–water partition coefficient (Wildman–Crippen LogP) is 2.53. The van der Waals surface area contributed by atoms with E-state index in [9.17, 15) is 4.39 Å². The van der Waals surface area contributed by atoms with E-state index < -0.39 is 0 Å². The van der Waals surface area contributed by atoms with Crippen molar-refractivity contribution in [2.45, 2.75) is 6.92 Å². The van der Waals surface area contributed by atoms with Crippen LogP contribution in [0.3, 0.4) is 0 Å². The fourth-order valence-electron chi connectivity index (χ4n) is 1.71. The minimum atomic E-state index is -0.271. The number of rotatable bonds is 1. The molecule has 4 nitrogen and oxygen atoms in total. The van der Waals surface area contributed by atoms with Gasteiger partial charge in [-0.15, -0.1) is 0 Å². The van der Waals surface area contributed by atoms with Crippen molar-refractivity contribution in [2.24, 2.45) is 0 Å². The van der Waals surface area contributed by atoms with Gasteiger partial charge in [-0.2, -0.15) is 0 Å². The van der Waals surface area contributed by atoms with Gasteiger partial charge in [0.2, 0.25) is 0 Å². The van der Waals surface area contributed by atoms with E-state index in [2.05, 4.69) is 19.9 Å². The molecule has 0 unspecified atom stereocenters. The lowest BCUT2D eigenvalue weighted by atomic mass is 10.1. The Balaban J connectivity index is 2.18. The van der Waals surface area contributed by atoms with Gasteiger partial charge >= 0.3 is 0 Å². The first-order valence-electron chi connectivity index (χ1n) is 5.44. The Morgan fingerprint density at radius 1 is 1.00 bits per heavy atom. The number of aryl methyl sites for hydroxylation is 1. The quantitative estimate of drug-likeness (QED) is 0.655. The molecule has 0 bridgehead atoms. The van der Waals surface area contributed by atoms with Crippen LogP contribution in [-0.2, 0) is 0 Å². The summed E-state index contributed by atoms with van der Waals surface area (Å²) in [6.45, 7) is 1.85. The lowest BCUT2D eigenvalue weighted by Gasteiger charge is -2.03. The van der Waals surface area contributed by atoms with Gasteiger partial charge in [-0.3, -0.25) is 0 Å². The molecule has 0 aliphatic heterocycles. The average Bonchev–Trinajstić information content (AvgIpc) is 2.40. The van der Waals surface area contributed by atoms with Crippen molar-refractivity contribution < 1.29 is 4.39 Å². The van der Waals surface area contributed by atoms with Crippen molar-refractivity contribution in [3.05, 3.63) is 48.3 Å². The molecule has 0 radical (unpaired) electrons. The summed E-state index contributed by atoms with van der Waals surface area (Å²) in [5.41, 5.74) is 3.50. The van der Waals surface area contributed by atoms with Crippen molar-refractivity contribution in [2.75, 3.05) is 0 Å². The summed E-state index contributed by atoms with van der Waals surface area (Å²) >= 11 is 0. The molecule has 0 spiro atoms. The molecule has 88 valence electrons. The van der Waals surface area contributed by atoms with Crippen LogP contribution in [0.15, 0.2) is 36.8 Å². The van der Waals surface area contributed by atoms with Gasteiger partial charge in [0.15, 0.2) is 5.65 Å². The number of halogens is 1. The first-order chi connectivity index (χ1) is 8.74. The summed E-state index contributed by atoms with van der Waals surface area (Å²) in [4.78, 5) is 16.8. The highest BCUT2D eigenvalue weighted by molar-refractivity contribution is 5.75. The number of nitrogens with zero attached hydrogens (tertiary/aromatic N) is 4. The zero-order valence-corrected chi connectivity index (χ0v) is 9.63. The first-order valence-corrected chi connectivity index (χ1v) is 5.44. The van der Waals surface area contributed by atoms with Crippen LogP contribution in [0.4, 0.5) is 4.39 Å². The normalized spacial score (nSPS) is 10.8. The number of benzene rings is 1. The highest BCUT2D eigenvalue weighted by atomic mass is 19.1. The van der Waals surface area contributed by atoms with Gasteiger partial charge < -0.3 is 0 Å². The summed E-state index contributed by atoms with van der Waals surface area (Å²) in [5.74, 6) is -0.271. The minimum absolute atomic E-state index is 0.271. The summed E-state index contributed by atoms with van der Waals surface area (Å²) in [6, 6.07) is 6.14. The zero-order chi connectivity index (χ0) is 12.5. The minimum Gasteiger partial charge on any atom is -0.241 e. The van der Waals surface area contributed by atoms with E-state index in [0.29, 0.717) is 16.9 Å². The standard InChI is InChI=1S/C13H9FN4/c1-8-12-13(17-7-16-8)15-6-11(18-12)9-2-4-10(14)5-3-9/h2-7H,1H3. The Kier molecular flexibility index (Phi) is 2.44. The highest BCUT2D eigenvalue weighted by Crippen LogP contribution is 2.19. The third-order valence-corrected chi connectivity index (χ3v) is 2.67. The van der Waals surface area contributed by atoms with Gasteiger partial charge in [0, 0.05) is 5.56 Å². The zero-order valence-electron chi connectivity index (χ0n) is 9.63. The molecular formula is C13H9FN4. The molecule has 1 aromatic carbocycles. The van der Waals surface area contributed by atoms with Crippen LogP contribution in [-0.4, -0.2) is 19.9 Å². The second kappa shape index (κ2) is 4.10. The maximum atomic E-state index is 12.9. The van der Waals surface area contributed by atoms with E-state index >= 15 is 0 Å². The van der Waals surface area contributed by atoms with Crippen LogP contribution in [0.1, 0.15) is 5.69 Å². The fraction of sp³-hybridized carbons (Fsp3) is 0.0769.